The molecule has 5 nitrogen and oxygen atoms in total. The molecule has 0 bridgehead atoms. The van der Waals surface area contributed by atoms with Crippen LogP contribution in [0.2, 0.25) is 0 Å². The van der Waals surface area contributed by atoms with Crippen LogP contribution < -0.4 is 11.5 Å². The van der Waals surface area contributed by atoms with E-state index in [4.69, 9.17) is 20.9 Å². The summed E-state index contributed by atoms with van der Waals surface area (Å²) in [7, 11) is 1.54. The van der Waals surface area contributed by atoms with Gasteiger partial charge in [-0.2, -0.15) is 0 Å². The molecule has 0 saturated carbocycles. The Bertz CT molecular complexity index is 145. The first-order valence-electron chi connectivity index (χ1n) is 4.01. The zero-order valence-corrected chi connectivity index (χ0v) is 7.14. The average Bonchev–Trinajstić information content (AvgIpc) is 2.09. The van der Waals surface area contributed by atoms with Gasteiger partial charge in [0.2, 0.25) is 0 Å². The molecular formula is C7H16N2O3. The first-order chi connectivity index (χ1) is 5.69. The van der Waals surface area contributed by atoms with Crippen LogP contribution >= 0.6 is 0 Å². The van der Waals surface area contributed by atoms with Crippen molar-refractivity contribution in [1.29, 1.82) is 0 Å². The van der Waals surface area contributed by atoms with Crippen molar-refractivity contribution in [2.75, 3.05) is 13.7 Å². The number of methoxy groups -OCH3 is 1. The van der Waals surface area contributed by atoms with Gasteiger partial charge in [-0.1, -0.05) is 0 Å². The number of nitrogens with two attached hydrogens (primary N) is 2. The topological polar surface area (TPSA) is 90.7 Å². The normalized spacial score (nSPS) is 43.0. The van der Waals surface area contributed by atoms with Gasteiger partial charge in [0.15, 0.2) is 6.29 Å². The highest BCUT2D eigenvalue weighted by Gasteiger charge is 2.34. The highest BCUT2D eigenvalue weighted by Crippen LogP contribution is 2.18. The standard InChI is InChI=1S/C7H16N2O3/c1-11-6-2-4(9)7(10)5(3-8)12-6/h4-7,10H,2-3,8-9H2,1H3/t4-,5+,6-,7-/m0/s1. The van der Waals surface area contributed by atoms with Gasteiger partial charge in [0.25, 0.3) is 0 Å². The fourth-order valence-corrected chi connectivity index (χ4v) is 1.32. The molecule has 0 spiro atoms. The summed E-state index contributed by atoms with van der Waals surface area (Å²) in [6.45, 7) is 0.259. The Kier molecular flexibility index (Phi) is 3.42. The SMILES string of the molecule is CO[C@@H]1C[C@H](N)[C@H](O)[C@@H](CN)O1. The van der Waals surface area contributed by atoms with Crippen molar-refractivity contribution in [3.63, 3.8) is 0 Å². The number of aliphatic hydroxyl groups excluding tert-OH is 1. The molecule has 0 unspecified atom stereocenters. The third kappa shape index (κ3) is 1.94. The van der Waals surface area contributed by atoms with Crippen LogP contribution in [0, 0.1) is 0 Å². The van der Waals surface area contributed by atoms with Crippen molar-refractivity contribution in [3.05, 3.63) is 0 Å². The molecule has 1 saturated heterocycles. The molecule has 0 radical (unpaired) electrons. The maximum absolute atomic E-state index is 9.47. The van der Waals surface area contributed by atoms with E-state index in [1.54, 1.807) is 7.11 Å². The Morgan fingerprint density at radius 2 is 2.33 bits per heavy atom. The molecule has 1 aliphatic rings. The molecule has 12 heavy (non-hydrogen) atoms. The number of rotatable bonds is 2. The van der Waals surface area contributed by atoms with E-state index in [0.29, 0.717) is 6.42 Å². The fraction of sp³-hybridized carbons (Fsp3) is 1.00. The van der Waals surface area contributed by atoms with Crippen molar-refractivity contribution in [2.45, 2.75) is 31.0 Å². The molecule has 0 aromatic rings. The van der Waals surface area contributed by atoms with Crippen LogP contribution in [-0.2, 0) is 9.47 Å². The molecule has 1 heterocycles. The lowest BCUT2D eigenvalue weighted by atomic mass is 10.00. The zero-order valence-electron chi connectivity index (χ0n) is 7.14. The van der Waals surface area contributed by atoms with Crippen molar-refractivity contribution < 1.29 is 14.6 Å². The minimum Gasteiger partial charge on any atom is -0.389 e. The van der Waals surface area contributed by atoms with Crippen LogP contribution in [0.1, 0.15) is 6.42 Å². The molecule has 5 N–H and O–H groups in total. The summed E-state index contributed by atoms with van der Waals surface area (Å²) >= 11 is 0. The lowest BCUT2D eigenvalue weighted by molar-refractivity contribution is -0.213. The lowest BCUT2D eigenvalue weighted by Gasteiger charge is -2.36. The molecule has 1 rings (SSSR count). The third-order valence-electron chi connectivity index (χ3n) is 2.11. The van der Waals surface area contributed by atoms with Crippen LogP contribution in [-0.4, -0.2) is 43.3 Å². The second kappa shape index (κ2) is 4.15. The molecule has 72 valence electrons. The van der Waals surface area contributed by atoms with E-state index in [-0.39, 0.29) is 18.9 Å². The zero-order chi connectivity index (χ0) is 9.14. The van der Waals surface area contributed by atoms with Crippen LogP contribution in [0.25, 0.3) is 0 Å². The van der Waals surface area contributed by atoms with Gasteiger partial charge in [0.1, 0.15) is 6.10 Å². The van der Waals surface area contributed by atoms with Crippen LogP contribution in [0.15, 0.2) is 0 Å². The second-order valence-corrected chi connectivity index (χ2v) is 2.97. The van der Waals surface area contributed by atoms with Crippen LogP contribution in [0.4, 0.5) is 0 Å². The predicted molar refractivity (Wildman–Crippen MR) is 43.3 cm³/mol. The van der Waals surface area contributed by atoms with Gasteiger partial charge in [-0.05, 0) is 0 Å². The summed E-state index contributed by atoms with van der Waals surface area (Å²) in [6, 6.07) is -0.308. The van der Waals surface area contributed by atoms with E-state index in [1.807, 2.05) is 0 Å². The van der Waals surface area contributed by atoms with E-state index in [0.717, 1.165) is 0 Å². The molecule has 0 aromatic heterocycles. The van der Waals surface area contributed by atoms with Crippen LogP contribution in [0.5, 0.6) is 0 Å². The van der Waals surface area contributed by atoms with Gasteiger partial charge >= 0.3 is 0 Å². The first kappa shape index (κ1) is 9.88. The second-order valence-electron chi connectivity index (χ2n) is 2.97. The Morgan fingerprint density at radius 1 is 1.67 bits per heavy atom. The van der Waals surface area contributed by atoms with Crippen molar-refractivity contribution >= 4 is 0 Å². The smallest absolute Gasteiger partial charge is 0.159 e. The van der Waals surface area contributed by atoms with Crippen molar-refractivity contribution in [2.24, 2.45) is 11.5 Å². The lowest BCUT2D eigenvalue weighted by Crippen LogP contribution is -2.55. The van der Waals surface area contributed by atoms with Gasteiger partial charge < -0.3 is 26.0 Å². The highest BCUT2D eigenvalue weighted by atomic mass is 16.7. The van der Waals surface area contributed by atoms with Gasteiger partial charge in [-0.3, -0.25) is 0 Å². The molecule has 1 fully saturated rings. The molecule has 1 aliphatic heterocycles. The van der Waals surface area contributed by atoms with Gasteiger partial charge in [-0.25, -0.2) is 0 Å². The Morgan fingerprint density at radius 3 is 2.83 bits per heavy atom. The Balaban J connectivity index is 2.52. The minimum absolute atomic E-state index is 0.259. The number of hydrogen-bond acceptors (Lipinski definition) is 5. The van der Waals surface area contributed by atoms with Crippen molar-refractivity contribution in [1.82, 2.24) is 0 Å². The average molecular weight is 176 g/mol. The Labute approximate surface area is 71.6 Å². The van der Waals surface area contributed by atoms with Crippen LogP contribution in [0.3, 0.4) is 0 Å². The largest absolute Gasteiger partial charge is 0.389 e. The third-order valence-corrected chi connectivity index (χ3v) is 2.11. The summed E-state index contributed by atoms with van der Waals surface area (Å²) in [5.74, 6) is 0. The molecule has 4 atom stereocenters. The molecule has 5 heteroatoms. The molecule has 0 aliphatic carbocycles. The maximum atomic E-state index is 9.47. The first-order valence-corrected chi connectivity index (χ1v) is 4.01. The summed E-state index contributed by atoms with van der Waals surface area (Å²) < 4.78 is 10.3. The van der Waals surface area contributed by atoms with E-state index >= 15 is 0 Å². The Hall–Kier alpha value is -0.200. The summed E-state index contributed by atoms with van der Waals surface area (Å²) in [6.07, 6.45) is -0.911. The van der Waals surface area contributed by atoms with Gasteiger partial charge in [0, 0.05) is 26.1 Å². The number of aliphatic hydroxyl groups is 1. The molecule has 0 amide bonds. The highest BCUT2D eigenvalue weighted by molar-refractivity contribution is 4.85. The molecule has 0 aromatic carbocycles. The van der Waals surface area contributed by atoms with E-state index in [2.05, 4.69) is 0 Å². The minimum atomic E-state index is -0.679. The maximum Gasteiger partial charge on any atom is 0.159 e. The quantitative estimate of drug-likeness (QED) is 0.471. The fourth-order valence-electron chi connectivity index (χ4n) is 1.32. The summed E-state index contributed by atoms with van der Waals surface area (Å²) in [5.41, 5.74) is 11.0. The van der Waals surface area contributed by atoms with E-state index in [9.17, 15) is 5.11 Å². The van der Waals surface area contributed by atoms with E-state index < -0.39 is 12.2 Å². The number of ether oxygens (including phenoxy) is 2. The monoisotopic (exact) mass is 176 g/mol. The van der Waals surface area contributed by atoms with Gasteiger partial charge in [-0.15, -0.1) is 0 Å². The van der Waals surface area contributed by atoms with Gasteiger partial charge in [0.05, 0.1) is 6.10 Å². The predicted octanol–water partition coefficient (Wildman–Crippen LogP) is -1.61. The van der Waals surface area contributed by atoms with Crippen molar-refractivity contribution in [3.8, 4) is 0 Å². The molecular weight excluding hydrogens is 160 g/mol. The summed E-state index contributed by atoms with van der Waals surface area (Å²) in [4.78, 5) is 0. The van der Waals surface area contributed by atoms with E-state index in [1.165, 1.54) is 0 Å². The number of hydrogen-bond donors (Lipinski definition) is 3. The summed E-state index contributed by atoms with van der Waals surface area (Å²) in [5, 5.41) is 9.47.